The van der Waals surface area contributed by atoms with Crippen molar-refractivity contribution in [3.05, 3.63) is 52.5 Å². The molecule has 166 valence electrons. The Labute approximate surface area is 195 Å². The molecule has 0 radical (unpaired) electrons. The molecule has 0 saturated heterocycles. The van der Waals surface area contributed by atoms with Gasteiger partial charge in [0.15, 0.2) is 15.0 Å². The smallest absolute Gasteiger partial charge is 0.229 e. The second kappa shape index (κ2) is 10.2. The highest BCUT2D eigenvalue weighted by molar-refractivity contribution is 9.10. The minimum atomic E-state index is -3.53. The molecule has 0 saturated carbocycles. The Bertz CT molecular complexity index is 1160. The first kappa shape index (κ1) is 23.8. The van der Waals surface area contributed by atoms with E-state index in [4.69, 9.17) is 0 Å². The van der Waals surface area contributed by atoms with Crippen LogP contribution in [0.25, 0.3) is 10.2 Å². The molecule has 1 heterocycles. The molecule has 0 aliphatic heterocycles. The number of carbonyl (C=O) groups excluding carboxylic acids is 1. The quantitative estimate of drug-likeness (QED) is 0.412. The number of fused-ring (bicyclic) bond motifs is 1. The number of halogens is 1. The lowest BCUT2D eigenvalue weighted by Gasteiger charge is -2.21. The van der Waals surface area contributed by atoms with E-state index in [9.17, 15) is 13.2 Å². The first-order chi connectivity index (χ1) is 14.7. The fourth-order valence-corrected chi connectivity index (χ4v) is 5.88. The summed E-state index contributed by atoms with van der Waals surface area (Å²) in [6.07, 6.45) is 0.681. The van der Waals surface area contributed by atoms with Gasteiger partial charge in [-0.3, -0.25) is 9.69 Å². The van der Waals surface area contributed by atoms with E-state index >= 15 is 0 Å². The van der Waals surface area contributed by atoms with E-state index in [-0.39, 0.29) is 23.0 Å². The molecule has 0 fully saturated rings. The Morgan fingerprint density at radius 2 is 1.81 bits per heavy atom. The third kappa shape index (κ3) is 6.35. The number of amides is 1. The van der Waals surface area contributed by atoms with Gasteiger partial charge in [0, 0.05) is 17.4 Å². The van der Waals surface area contributed by atoms with Crippen molar-refractivity contribution in [2.24, 2.45) is 0 Å². The predicted molar refractivity (Wildman–Crippen MR) is 131 cm³/mol. The van der Waals surface area contributed by atoms with E-state index in [0.29, 0.717) is 11.7 Å². The van der Waals surface area contributed by atoms with Gasteiger partial charge in [-0.2, -0.15) is 0 Å². The molecule has 3 rings (SSSR count). The second-order valence-corrected chi connectivity index (χ2v) is 11.7. The predicted octanol–water partition coefficient (Wildman–Crippen LogP) is 4.52. The average Bonchev–Trinajstić information content (AvgIpc) is 3.12. The molecule has 3 aromatic rings. The van der Waals surface area contributed by atoms with Crippen LogP contribution in [0.5, 0.6) is 0 Å². The summed E-state index contributed by atoms with van der Waals surface area (Å²) in [7, 11) is 0.432. The zero-order valence-electron chi connectivity index (χ0n) is 17.8. The van der Waals surface area contributed by atoms with Crippen LogP contribution in [-0.2, 0) is 14.6 Å². The number of nitrogens with zero attached hydrogens (tertiary/aromatic N) is 3. The number of hydrogen-bond acceptors (Lipinski definition) is 6. The number of hydrogen-bond donors (Lipinski definition) is 0. The highest BCUT2D eigenvalue weighted by atomic mass is 79.9. The Balaban J connectivity index is 1.78. The van der Waals surface area contributed by atoms with Gasteiger partial charge in [0.05, 0.1) is 20.9 Å². The van der Waals surface area contributed by atoms with Gasteiger partial charge in [-0.1, -0.05) is 45.0 Å². The third-order valence-electron chi connectivity index (χ3n) is 4.82. The molecule has 0 spiro atoms. The van der Waals surface area contributed by atoms with E-state index in [1.807, 2.05) is 39.2 Å². The summed E-state index contributed by atoms with van der Waals surface area (Å²) in [5, 5.41) is 0.601. The van der Waals surface area contributed by atoms with Gasteiger partial charge in [-0.05, 0) is 64.3 Å². The zero-order chi connectivity index (χ0) is 22.6. The van der Waals surface area contributed by atoms with Gasteiger partial charge < -0.3 is 4.90 Å². The molecule has 9 heteroatoms. The number of carbonyl (C=O) groups is 1. The fourth-order valence-electron chi connectivity index (χ4n) is 3.09. The van der Waals surface area contributed by atoms with Crippen LogP contribution < -0.4 is 4.90 Å². The number of rotatable bonds is 9. The van der Waals surface area contributed by atoms with Crippen molar-refractivity contribution in [1.29, 1.82) is 0 Å². The largest absolute Gasteiger partial charge is 0.309 e. The van der Waals surface area contributed by atoms with Gasteiger partial charge in [0.2, 0.25) is 5.91 Å². The summed E-state index contributed by atoms with van der Waals surface area (Å²) in [5.74, 6) is -0.456. The van der Waals surface area contributed by atoms with E-state index in [1.54, 1.807) is 29.2 Å². The molecular formula is C22H26BrN3O3S2. The molecule has 0 atom stereocenters. The Kier molecular flexibility index (Phi) is 7.85. The van der Waals surface area contributed by atoms with Gasteiger partial charge in [0.25, 0.3) is 0 Å². The molecule has 0 aliphatic carbocycles. The summed E-state index contributed by atoms with van der Waals surface area (Å²) in [5.41, 5.74) is 1.81. The van der Waals surface area contributed by atoms with Crippen molar-refractivity contribution in [2.75, 3.05) is 37.8 Å². The molecule has 6 nitrogen and oxygen atoms in total. The molecule has 0 unspecified atom stereocenters. The SMILES string of the molecule is Cc1ccc(S(=O)(=O)CCC(=O)N(CCCN(C)C)c2nc3ccc(Br)cc3s2)cc1. The van der Waals surface area contributed by atoms with Crippen LogP contribution in [0.4, 0.5) is 5.13 Å². The number of thiazole rings is 1. The Hall–Kier alpha value is -1.81. The van der Waals surface area contributed by atoms with Crippen LogP contribution in [0.15, 0.2) is 51.8 Å². The fraction of sp³-hybridized carbons (Fsp3) is 0.364. The lowest BCUT2D eigenvalue weighted by molar-refractivity contribution is -0.118. The van der Waals surface area contributed by atoms with Crippen LogP contribution in [0, 0.1) is 6.92 Å². The summed E-state index contributed by atoms with van der Waals surface area (Å²) in [6, 6.07) is 12.5. The van der Waals surface area contributed by atoms with Crippen molar-refractivity contribution >= 4 is 58.4 Å². The minimum Gasteiger partial charge on any atom is -0.309 e. The van der Waals surface area contributed by atoms with Gasteiger partial charge in [-0.15, -0.1) is 0 Å². The molecule has 1 amide bonds. The van der Waals surface area contributed by atoms with E-state index in [2.05, 4.69) is 25.8 Å². The summed E-state index contributed by atoms with van der Waals surface area (Å²) in [4.78, 5) is 21.7. The number of sulfone groups is 1. The van der Waals surface area contributed by atoms with E-state index < -0.39 is 9.84 Å². The molecule has 0 N–H and O–H groups in total. The van der Waals surface area contributed by atoms with Gasteiger partial charge in [0.1, 0.15) is 0 Å². The molecule has 2 aromatic carbocycles. The minimum absolute atomic E-state index is 0.0855. The normalized spacial score (nSPS) is 11.9. The monoisotopic (exact) mass is 523 g/mol. The van der Waals surface area contributed by atoms with Crippen LogP contribution >= 0.6 is 27.3 Å². The second-order valence-electron chi connectivity index (χ2n) is 7.69. The molecule has 0 aliphatic rings. The molecule has 1 aromatic heterocycles. The standard InChI is InChI=1S/C22H26BrN3O3S2/c1-16-5-8-18(9-6-16)31(28,29)14-11-21(27)26(13-4-12-25(2)3)22-24-19-10-7-17(23)15-20(19)30-22/h5-10,15H,4,11-14H2,1-3H3. The summed E-state index contributed by atoms with van der Waals surface area (Å²) < 4.78 is 27.3. The lowest BCUT2D eigenvalue weighted by atomic mass is 10.2. The maximum atomic E-state index is 13.1. The maximum Gasteiger partial charge on any atom is 0.229 e. The summed E-state index contributed by atoms with van der Waals surface area (Å²) in [6.45, 7) is 3.21. The van der Waals surface area contributed by atoms with Crippen LogP contribution in [0.3, 0.4) is 0 Å². The first-order valence-corrected chi connectivity index (χ1v) is 13.2. The van der Waals surface area contributed by atoms with Gasteiger partial charge in [-0.25, -0.2) is 13.4 Å². The zero-order valence-corrected chi connectivity index (χ0v) is 21.1. The van der Waals surface area contributed by atoms with E-state index in [1.165, 1.54) is 11.3 Å². The number of anilines is 1. The van der Waals surface area contributed by atoms with E-state index in [0.717, 1.165) is 33.2 Å². The van der Waals surface area contributed by atoms with Crippen LogP contribution in [0.2, 0.25) is 0 Å². The summed E-state index contributed by atoms with van der Waals surface area (Å²) >= 11 is 4.90. The third-order valence-corrected chi connectivity index (χ3v) is 8.09. The Morgan fingerprint density at radius 3 is 2.48 bits per heavy atom. The van der Waals surface area contributed by atoms with Crippen molar-refractivity contribution in [3.63, 3.8) is 0 Å². The van der Waals surface area contributed by atoms with Gasteiger partial charge >= 0.3 is 0 Å². The molecule has 0 bridgehead atoms. The maximum absolute atomic E-state index is 13.1. The Morgan fingerprint density at radius 1 is 1.10 bits per heavy atom. The highest BCUT2D eigenvalue weighted by Gasteiger charge is 2.23. The lowest BCUT2D eigenvalue weighted by Crippen LogP contribution is -2.34. The van der Waals surface area contributed by atoms with Crippen molar-refractivity contribution in [1.82, 2.24) is 9.88 Å². The average molecular weight is 525 g/mol. The molecular weight excluding hydrogens is 498 g/mol. The van der Waals surface area contributed by atoms with Crippen molar-refractivity contribution in [3.8, 4) is 0 Å². The van der Waals surface area contributed by atoms with Crippen LogP contribution in [0.1, 0.15) is 18.4 Å². The number of aryl methyl sites for hydroxylation is 1. The first-order valence-electron chi connectivity index (χ1n) is 9.96. The topological polar surface area (TPSA) is 70.6 Å². The van der Waals surface area contributed by atoms with Crippen LogP contribution in [-0.4, -0.2) is 57.1 Å². The highest BCUT2D eigenvalue weighted by Crippen LogP contribution is 2.31. The number of benzene rings is 2. The number of aromatic nitrogens is 1. The van der Waals surface area contributed by atoms with Crippen molar-refractivity contribution < 1.29 is 13.2 Å². The van der Waals surface area contributed by atoms with Crippen molar-refractivity contribution in [2.45, 2.75) is 24.7 Å². The molecule has 31 heavy (non-hydrogen) atoms.